The first-order valence-corrected chi connectivity index (χ1v) is 36.0. The van der Waals surface area contributed by atoms with E-state index in [0.717, 1.165) is 135 Å². The number of hydrogen-bond donors (Lipinski definition) is 2. The van der Waals surface area contributed by atoms with Crippen LogP contribution in [0.25, 0.3) is 0 Å². The average molecular weight is 1200 g/mol. The summed E-state index contributed by atoms with van der Waals surface area (Å²) in [7, 11) is 1.46. The lowest BCUT2D eigenvalue weighted by atomic mass is 10.0. The average Bonchev–Trinajstić information content (AvgIpc) is 3.50. The summed E-state index contributed by atoms with van der Waals surface area (Å²) in [6.07, 6.45) is 90.3. The van der Waals surface area contributed by atoms with Gasteiger partial charge in [-0.1, -0.05) is 277 Å². The van der Waals surface area contributed by atoms with E-state index in [1.165, 1.54) is 103 Å². The van der Waals surface area contributed by atoms with Crippen molar-refractivity contribution in [1.82, 2.24) is 5.32 Å². The molecule has 486 valence electrons. The van der Waals surface area contributed by atoms with Crippen LogP contribution in [0.4, 0.5) is 0 Å². The van der Waals surface area contributed by atoms with Crippen molar-refractivity contribution in [1.29, 1.82) is 0 Å². The summed E-state index contributed by atoms with van der Waals surface area (Å²) in [5.74, 6) is -0.550. The lowest BCUT2D eigenvalue weighted by molar-refractivity contribution is -0.870. The Bertz CT molecular complexity index is 1920. The van der Waals surface area contributed by atoms with Crippen LogP contribution in [0.2, 0.25) is 0 Å². The number of esters is 1. The highest BCUT2D eigenvalue weighted by Gasteiger charge is 2.30. The second-order valence-electron chi connectivity index (χ2n) is 23.9. The number of phosphoric ester groups is 1. The molecule has 0 heterocycles. The van der Waals surface area contributed by atoms with Crippen molar-refractivity contribution in [3.8, 4) is 0 Å². The zero-order chi connectivity index (χ0) is 62.1. The van der Waals surface area contributed by atoms with Crippen molar-refractivity contribution in [2.45, 2.75) is 290 Å². The quantitative estimate of drug-likeness (QED) is 0.0205. The Balaban J connectivity index is 5.18. The third-order valence-corrected chi connectivity index (χ3v) is 15.6. The second-order valence-corrected chi connectivity index (χ2v) is 25.4. The summed E-state index contributed by atoms with van der Waals surface area (Å²) in [5, 5.41) is 3.05. The third kappa shape index (κ3) is 64.5. The maximum atomic E-state index is 13.6. The zero-order valence-corrected chi connectivity index (χ0v) is 56.4. The van der Waals surface area contributed by atoms with Gasteiger partial charge in [0.15, 0.2) is 0 Å². The molecule has 0 aromatic carbocycles. The Hall–Kier alpha value is -3.85. The van der Waals surface area contributed by atoms with E-state index in [9.17, 15) is 19.0 Å². The number of carbonyl (C=O) groups excluding carboxylic acids is 2. The summed E-state index contributed by atoms with van der Waals surface area (Å²) in [6.45, 7) is 6.76. The van der Waals surface area contributed by atoms with Gasteiger partial charge in [0, 0.05) is 12.8 Å². The van der Waals surface area contributed by atoms with Gasteiger partial charge in [0.25, 0.3) is 0 Å². The number of nitrogens with one attached hydrogen (secondary N) is 1. The van der Waals surface area contributed by atoms with E-state index < -0.39 is 20.0 Å². The molecule has 0 aliphatic rings. The molecule has 0 aliphatic carbocycles. The summed E-state index contributed by atoms with van der Waals surface area (Å²) >= 11 is 0. The molecule has 1 amide bonds. The van der Waals surface area contributed by atoms with E-state index in [1.807, 2.05) is 33.3 Å². The van der Waals surface area contributed by atoms with Gasteiger partial charge in [0.2, 0.25) is 5.91 Å². The minimum atomic E-state index is -4.47. The Morgan fingerprint density at radius 2 is 0.753 bits per heavy atom. The van der Waals surface area contributed by atoms with Gasteiger partial charge in [0.05, 0.1) is 33.8 Å². The molecule has 0 saturated carbocycles. The van der Waals surface area contributed by atoms with Crippen LogP contribution in [0, 0.1) is 0 Å². The number of quaternary nitrogens is 1. The standard InChI is InChI=1S/C75H129N2O7P/c1-7-10-13-16-19-22-25-28-30-32-34-35-36-37-38-39-40-41-43-45-47-50-53-56-59-62-65-68-75(79)84-73(66-63-60-57-54-51-48-27-24-21-18-15-12-9-3)72(71-83-85(80,81)82-70-69-77(4,5)6)76-74(78)67-64-61-58-55-52-49-46-44-42-33-31-29-26-23-20-17-14-11-8-2/h10-11,13-14,19-20,22-23,28-31,34-35,37-38,42,44,49,52,63,66,72-73H,7-9,12,15-18,21,24-27,32-33,36,39-41,43,45-48,50-51,53-62,64-65,67-71H2,1-6H3,(H-,76,78,80,81)/p+1/b13-10-,14-11-,22-19-,23-20-,30-28-,31-29-,35-34-,38-37-,44-42-,52-49-,66-63-. The molecular formula is C75H130N2O7P+. The van der Waals surface area contributed by atoms with Crippen molar-refractivity contribution in [2.75, 3.05) is 40.9 Å². The van der Waals surface area contributed by atoms with Gasteiger partial charge in [-0.25, -0.2) is 4.57 Å². The molecule has 0 saturated heterocycles. The van der Waals surface area contributed by atoms with Crippen LogP contribution < -0.4 is 5.32 Å². The van der Waals surface area contributed by atoms with Crippen LogP contribution in [-0.4, -0.2) is 74.3 Å². The normalized spacial score (nSPS) is 14.4. The number of carbonyl (C=O) groups is 2. The number of allylic oxidation sites excluding steroid dienone is 21. The fraction of sp³-hybridized carbons (Fsp3) is 0.680. The van der Waals surface area contributed by atoms with Crippen LogP contribution in [-0.2, 0) is 27.9 Å². The third-order valence-electron chi connectivity index (χ3n) is 14.6. The summed E-state index contributed by atoms with van der Waals surface area (Å²) in [5.41, 5.74) is 0. The first-order valence-electron chi connectivity index (χ1n) is 34.5. The molecule has 10 heteroatoms. The van der Waals surface area contributed by atoms with Gasteiger partial charge in [0.1, 0.15) is 19.3 Å². The van der Waals surface area contributed by atoms with Crippen LogP contribution in [0.1, 0.15) is 278 Å². The molecule has 0 bridgehead atoms. The molecule has 0 aromatic rings. The fourth-order valence-corrected chi connectivity index (χ4v) is 10.1. The Kier molecular flexibility index (Phi) is 60.3. The van der Waals surface area contributed by atoms with Gasteiger partial charge in [-0.15, -0.1) is 0 Å². The molecule has 0 spiro atoms. The zero-order valence-electron chi connectivity index (χ0n) is 55.6. The Morgan fingerprint density at radius 1 is 0.424 bits per heavy atom. The van der Waals surface area contributed by atoms with Gasteiger partial charge in [-0.05, 0) is 122 Å². The number of hydrogen-bond acceptors (Lipinski definition) is 6. The predicted molar refractivity (Wildman–Crippen MR) is 369 cm³/mol. The fourth-order valence-electron chi connectivity index (χ4n) is 9.35. The Labute approximate surface area is 524 Å². The van der Waals surface area contributed by atoms with Crippen LogP contribution >= 0.6 is 7.82 Å². The molecule has 3 unspecified atom stereocenters. The van der Waals surface area contributed by atoms with Crippen LogP contribution in [0.3, 0.4) is 0 Å². The number of amides is 1. The van der Waals surface area contributed by atoms with E-state index in [1.54, 1.807) is 0 Å². The highest BCUT2D eigenvalue weighted by atomic mass is 31.2. The highest BCUT2D eigenvalue weighted by molar-refractivity contribution is 7.47. The smallest absolute Gasteiger partial charge is 0.456 e. The molecule has 0 radical (unpaired) electrons. The van der Waals surface area contributed by atoms with Gasteiger partial charge >= 0.3 is 13.8 Å². The predicted octanol–water partition coefficient (Wildman–Crippen LogP) is 22.0. The van der Waals surface area contributed by atoms with Crippen molar-refractivity contribution in [3.05, 3.63) is 134 Å². The largest absolute Gasteiger partial charge is 0.472 e. The minimum Gasteiger partial charge on any atom is -0.456 e. The molecule has 9 nitrogen and oxygen atoms in total. The van der Waals surface area contributed by atoms with Gasteiger partial charge in [-0.3, -0.25) is 18.6 Å². The highest BCUT2D eigenvalue weighted by Crippen LogP contribution is 2.43. The van der Waals surface area contributed by atoms with E-state index in [0.29, 0.717) is 17.4 Å². The van der Waals surface area contributed by atoms with Gasteiger partial charge in [-0.2, -0.15) is 0 Å². The lowest BCUT2D eigenvalue weighted by Crippen LogP contribution is -2.47. The number of unbranched alkanes of at least 4 members (excludes halogenated alkanes) is 25. The molecule has 0 rings (SSSR count). The molecule has 0 fully saturated rings. The number of nitrogens with zero attached hydrogens (tertiary/aromatic N) is 1. The maximum absolute atomic E-state index is 13.6. The van der Waals surface area contributed by atoms with Crippen molar-refractivity contribution >= 4 is 19.7 Å². The first-order chi connectivity index (χ1) is 41.4. The summed E-state index contributed by atoms with van der Waals surface area (Å²) < 4.78 is 30.8. The van der Waals surface area contributed by atoms with E-state index in [2.05, 4.69) is 148 Å². The molecule has 85 heavy (non-hydrogen) atoms. The second kappa shape index (κ2) is 63.2. The van der Waals surface area contributed by atoms with Gasteiger partial charge < -0.3 is 19.4 Å². The maximum Gasteiger partial charge on any atom is 0.472 e. The number of likely N-dealkylation sites (N-methyl/N-ethyl adjacent to an activating group) is 1. The van der Waals surface area contributed by atoms with E-state index in [-0.39, 0.29) is 37.9 Å². The SMILES string of the molecule is CC/C=C\C/C=C\C/C=C\C/C=C\C/C=C\CCCCCCCCCCCCCC(=O)OC(/C=C\CCCCCCCCCCCCC)C(COP(=O)(O)OCC[N+](C)(C)C)NC(=O)CCCCC/C=C\C/C=C\C/C=C\C/C=C\C/C=C\CC. The summed E-state index contributed by atoms with van der Waals surface area (Å²) in [6, 6.07) is -0.877. The van der Waals surface area contributed by atoms with Crippen LogP contribution in [0.5, 0.6) is 0 Å². The summed E-state index contributed by atoms with van der Waals surface area (Å²) in [4.78, 5) is 37.9. The number of rotatable bonds is 61. The van der Waals surface area contributed by atoms with Crippen molar-refractivity contribution in [3.63, 3.8) is 0 Å². The van der Waals surface area contributed by atoms with Crippen molar-refractivity contribution in [2.24, 2.45) is 0 Å². The topological polar surface area (TPSA) is 111 Å². The van der Waals surface area contributed by atoms with E-state index in [4.69, 9.17) is 13.8 Å². The lowest BCUT2D eigenvalue weighted by Gasteiger charge is -2.27. The number of ether oxygens (including phenoxy) is 1. The van der Waals surface area contributed by atoms with E-state index >= 15 is 0 Å². The monoisotopic (exact) mass is 1200 g/mol. The van der Waals surface area contributed by atoms with Crippen molar-refractivity contribution < 1.29 is 37.3 Å². The number of phosphoric acid groups is 1. The molecule has 0 aliphatic heterocycles. The molecular weight excluding hydrogens is 1070 g/mol. The first kappa shape index (κ1) is 81.2. The molecule has 0 aromatic heterocycles. The Morgan fingerprint density at radius 3 is 1.14 bits per heavy atom. The molecule has 2 N–H and O–H groups in total. The molecule has 3 atom stereocenters. The van der Waals surface area contributed by atoms with Crippen LogP contribution in [0.15, 0.2) is 134 Å². The minimum absolute atomic E-state index is 0.0265.